The highest BCUT2D eigenvalue weighted by Crippen LogP contribution is 2.40. The number of nitrogens with one attached hydrogen (secondary N) is 1. The highest BCUT2D eigenvalue weighted by molar-refractivity contribution is 6.04. The Hall–Kier alpha value is -2.38. The van der Waals surface area contributed by atoms with E-state index >= 15 is 0 Å². The number of hydrogen-bond acceptors (Lipinski definition) is 6. The second-order valence-electron chi connectivity index (χ2n) is 9.35. The molecule has 2 amide bonds. The molecule has 8 nitrogen and oxygen atoms in total. The first kappa shape index (κ1) is 21.8. The number of nitrogens with zero attached hydrogens (tertiary/aromatic N) is 5. The number of fused-ring (bicyclic) bond motifs is 1. The molecule has 1 N–H and O–H groups in total. The Bertz CT molecular complexity index is 816. The summed E-state index contributed by atoms with van der Waals surface area (Å²) in [5.41, 5.74) is 0.801. The fourth-order valence-electron chi connectivity index (χ4n) is 5.49. The normalized spacial score (nSPS) is 23.8. The zero-order chi connectivity index (χ0) is 22.1. The van der Waals surface area contributed by atoms with Crippen LogP contribution in [0.3, 0.4) is 0 Å². The molecule has 1 aromatic heterocycles. The van der Waals surface area contributed by atoms with Crippen LogP contribution in [0.15, 0.2) is 6.20 Å². The summed E-state index contributed by atoms with van der Waals surface area (Å²) in [7, 11) is 1.83. The maximum atomic E-state index is 13.0. The van der Waals surface area contributed by atoms with Crippen molar-refractivity contribution >= 4 is 29.3 Å². The van der Waals surface area contributed by atoms with Crippen LogP contribution >= 0.6 is 0 Å². The van der Waals surface area contributed by atoms with Crippen LogP contribution in [0, 0.1) is 5.92 Å². The molecule has 0 aromatic carbocycles. The topological polar surface area (TPSA) is 81.7 Å². The predicted molar refractivity (Wildman–Crippen MR) is 122 cm³/mol. The number of anilines is 3. The van der Waals surface area contributed by atoms with Crippen molar-refractivity contribution in [2.75, 3.05) is 35.3 Å². The van der Waals surface area contributed by atoms with Crippen LogP contribution in [-0.2, 0) is 9.59 Å². The van der Waals surface area contributed by atoms with Crippen molar-refractivity contribution in [3.63, 3.8) is 0 Å². The minimum absolute atomic E-state index is 0.136. The SMILES string of the molecule is CC[C@@H]1C(=O)N(C)c2cnc(N[C@@H](C)C3CCN(C(C)=O)CC3)nc2N1C1CCCC1. The second-order valence-corrected chi connectivity index (χ2v) is 9.35. The van der Waals surface area contributed by atoms with Gasteiger partial charge in [-0.25, -0.2) is 4.98 Å². The van der Waals surface area contributed by atoms with Gasteiger partial charge in [-0.05, 0) is 44.9 Å². The zero-order valence-electron chi connectivity index (χ0n) is 19.3. The lowest BCUT2D eigenvalue weighted by Gasteiger charge is -2.43. The van der Waals surface area contributed by atoms with Gasteiger partial charge in [-0.2, -0.15) is 4.98 Å². The summed E-state index contributed by atoms with van der Waals surface area (Å²) in [6.07, 6.45) is 9.20. The van der Waals surface area contributed by atoms with Crippen LogP contribution in [0.1, 0.15) is 65.7 Å². The molecule has 0 bridgehead atoms. The number of amides is 2. The van der Waals surface area contributed by atoms with Crippen LogP contribution in [-0.4, -0.2) is 64.9 Å². The van der Waals surface area contributed by atoms with E-state index < -0.39 is 0 Å². The van der Waals surface area contributed by atoms with E-state index in [1.165, 1.54) is 12.8 Å². The van der Waals surface area contributed by atoms with Crippen molar-refractivity contribution in [1.82, 2.24) is 14.9 Å². The molecule has 0 spiro atoms. The van der Waals surface area contributed by atoms with Gasteiger partial charge >= 0.3 is 0 Å². The number of rotatable bonds is 5. The molecule has 2 aliphatic heterocycles. The number of aromatic nitrogens is 2. The summed E-state index contributed by atoms with van der Waals surface area (Å²) in [6, 6.07) is 0.436. The van der Waals surface area contributed by atoms with E-state index in [-0.39, 0.29) is 23.9 Å². The molecular formula is C23H36N6O2. The maximum absolute atomic E-state index is 13.0. The van der Waals surface area contributed by atoms with Gasteiger partial charge in [0.25, 0.3) is 0 Å². The van der Waals surface area contributed by atoms with Crippen molar-refractivity contribution in [2.24, 2.45) is 5.92 Å². The molecule has 0 unspecified atom stereocenters. The van der Waals surface area contributed by atoms with Gasteiger partial charge in [0.15, 0.2) is 5.82 Å². The Balaban J connectivity index is 1.54. The van der Waals surface area contributed by atoms with Crippen molar-refractivity contribution < 1.29 is 9.59 Å². The van der Waals surface area contributed by atoms with Gasteiger partial charge in [-0.3, -0.25) is 9.59 Å². The number of carbonyl (C=O) groups is 2. The van der Waals surface area contributed by atoms with Gasteiger partial charge in [0.1, 0.15) is 11.7 Å². The first-order valence-electron chi connectivity index (χ1n) is 11.9. The molecule has 4 rings (SSSR count). The van der Waals surface area contributed by atoms with Crippen LogP contribution in [0.4, 0.5) is 17.5 Å². The molecule has 2 fully saturated rings. The lowest BCUT2D eigenvalue weighted by molar-refractivity contribution is -0.130. The summed E-state index contributed by atoms with van der Waals surface area (Å²) >= 11 is 0. The number of piperidine rings is 1. The monoisotopic (exact) mass is 428 g/mol. The molecule has 1 saturated heterocycles. The third-order valence-electron chi connectivity index (χ3n) is 7.46. The van der Waals surface area contributed by atoms with Gasteiger partial charge in [0.2, 0.25) is 17.8 Å². The Kier molecular flexibility index (Phi) is 6.34. The van der Waals surface area contributed by atoms with Crippen molar-refractivity contribution in [3.8, 4) is 0 Å². The first-order valence-corrected chi connectivity index (χ1v) is 11.9. The van der Waals surface area contributed by atoms with Crippen molar-refractivity contribution in [1.29, 1.82) is 0 Å². The van der Waals surface area contributed by atoms with E-state index in [0.717, 1.165) is 56.7 Å². The minimum Gasteiger partial charge on any atom is -0.351 e. The third-order valence-corrected chi connectivity index (χ3v) is 7.46. The van der Waals surface area contributed by atoms with Gasteiger partial charge in [-0.15, -0.1) is 0 Å². The Morgan fingerprint density at radius 3 is 2.52 bits per heavy atom. The number of likely N-dealkylation sites (N-methyl/N-ethyl adjacent to an activating group) is 1. The maximum Gasteiger partial charge on any atom is 0.249 e. The summed E-state index contributed by atoms with van der Waals surface area (Å²) < 4.78 is 0. The van der Waals surface area contributed by atoms with E-state index in [1.54, 1.807) is 18.0 Å². The fourth-order valence-corrected chi connectivity index (χ4v) is 5.49. The van der Waals surface area contributed by atoms with Crippen LogP contribution < -0.4 is 15.1 Å². The summed E-state index contributed by atoms with van der Waals surface area (Å²) in [4.78, 5) is 40.1. The summed E-state index contributed by atoms with van der Waals surface area (Å²) in [5.74, 6) is 2.29. The van der Waals surface area contributed by atoms with Gasteiger partial charge in [-0.1, -0.05) is 19.8 Å². The Labute approximate surface area is 185 Å². The second kappa shape index (κ2) is 9.01. The lowest BCUT2D eigenvalue weighted by atomic mass is 9.90. The van der Waals surface area contributed by atoms with Crippen molar-refractivity contribution in [3.05, 3.63) is 6.20 Å². The third kappa shape index (κ3) is 4.21. The average Bonchev–Trinajstić information content (AvgIpc) is 3.30. The Morgan fingerprint density at radius 2 is 1.90 bits per heavy atom. The highest BCUT2D eigenvalue weighted by Gasteiger charge is 2.41. The van der Waals surface area contributed by atoms with Gasteiger partial charge < -0.3 is 20.0 Å². The number of hydrogen-bond donors (Lipinski definition) is 1. The van der Waals surface area contributed by atoms with Gasteiger partial charge in [0, 0.05) is 39.1 Å². The predicted octanol–water partition coefficient (Wildman–Crippen LogP) is 3.04. The molecule has 8 heteroatoms. The van der Waals surface area contributed by atoms with Crippen LogP contribution in [0.5, 0.6) is 0 Å². The minimum atomic E-state index is -0.156. The van der Waals surface area contributed by atoms with E-state index in [0.29, 0.717) is 17.9 Å². The van der Waals surface area contributed by atoms with E-state index in [1.807, 2.05) is 11.9 Å². The van der Waals surface area contributed by atoms with Crippen molar-refractivity contribution in [2.45, 2.75) is 83.8 Å². The summed E-state index contributed by atoms with van der Waals surface area (Å²) in [5, 5.41) is 3.52. The quantitative estimate of drug-likeness (QED) is 0.776. The molecular weight excluding hydrogens is 392 g/mol. The molecule has 3 heterocycles. The molecule has 1 saturated carbocycles. The molecule has 0 radical (unpaired) electrons. The highest BCUT2D eigenvalue weighted by atomic mass is 16.2. The molecule has 1 aromatic rings. The van der Waals surface area contributed by atoms with Crippen LogP contribution in [0.25, 0.3) is 0 Å². The number of carbonyl (C=O) groups excluding carboxylic acids is 2. The molecule has 3 aliphatic rings. The fraction of sp³-hybridized carbons (Fsp3) is 0.739. The zero-order valence-corrected chi connectivity index (χ0v) is 19.3. The first-order chi connectivity index (χ1) is 14.9. The average molecular weight is 429 g/mol. The lowest BCUT2D eigenvalue weighted by Crippen LogP contribution is -2.55. The van der Waals surface area contributed by atoms with Crippen LogP contribution in [0.2, 0.25) is 0 Å². The standard InChI is InChI=1S/C23H36N6O2/c1-5-19-22(31)27(4)20-14-24-23(26-21(20)29(19)18-8-6-7-9-18)25-15(2)17-10-12-28(13-11-17)16(3)30/h14-15,17-19H,5-13H2,1-4H3,(H,24,25,26)/t15-,19+/m0/s1. The largest absolute Gasteiger partial charge is 0.351 e. The molecule has 31 heavy (non-hydrogen) atoms. The molecule has 2 atom stereocenters. The molecule has 1 aliphatic carbocycles. The van der Waals surface area contributed by atoms with Gasteiger partial charge in [0.05, 0.1) is 6.20 Å². The summed E-state index contributed by atoms with van der Waals surface area (Å²) in [6.45, 7) is 7.54. The smallest absolute Gasteiger partial charge is 0.249 e. The molecule has 170 valence electrons. The number of likely N-dealkylation sites (tertiary alicyclic amines) is 1. The van der Waals surface area contributed by atoms with E-state index in [4.69, 9.17) is 4.98 Å². The van der Waals surface area contributed by atoms with E-state index in [2.05, 4.69) is 29.0 Å². The Morgan fingerprint density at radius 1 is 1.23 bits per heavy atom. The van der Waals surface area contributed by atoms with E-state index in [9.17, 15) is 9.59 Å².